The summed E-state index contributed by atoms with van der Waals surface area (Å²) in [5.41, 5.74) is 2.98. The third-order valence-corrected chi connectivity index (χ3v) is 7.62. The van der Waals surface area contributed by atoms with Gasteiger partial charge in [0, 0.05) is 23.9 Å². The second-order valence-electron chi connectivity index (χ2n) is 9.49. The standard InChI is InChI=1S/C28H24ClFN4O2/c29-22-7-4-8-24(25(22)30)33-26-21-13-19(9-10-23(21)31-17-32-26)28-14-20(28)11-12-34(16-28)27(35)36-15-18-5-2-1-3-6-18/h1-10,13,17,20H,11-12,14-16H2,(H,31,32,33)/t20?,28-/m0/s1. The van der Waals surface area contributed by atoms with Crippen molar-refractivity contribution in [2.24, 2.45) is 5.92 Å². The summed E-state index contributed by atoms with van der Waals surface area (Å²) in [5, 5.41) is 3.91. The zero-order chi connectivity index (χ0) is 24.7. The number of hydrogen-bond acceptors (Lipinski definition) is 5. The molecular formula is C28H24ClFN4O2. The number of rotatable bonds is 5. The fourth-order valence-electron chi connectivity index (χ4n) is 5.29. The van der Waals surface area contributed by atoms with Gasteiger partial charge in [-0.1, -0.05) is 54.1 Å². The van der Waals surface area contributed by atoms with Crippen molar-refractivity contribution in [3.63, 3.8) is 0 Å². The van der Waals surface area contributed by atoms with Gasteiger partial charge in [0.25, 0.3) is 0 Å². The molecular weight excluding hydrogens is 479 g/mol. The van der Waals surface area contributed by atoms with Crippen molar-refractivity contribution in [1.82, 2.24) is 14.9 Å². The number of amides is 1. The van der Waals surface area contributed by atoms with E-state index >= 15 is 0 Å². The van der Waals surface area contributed by atoms with E-state index in [1.807, 2.05) is 41.3 Å². The molecule has 6 nitrogen and oxygen atoms in total. The number of halogens is 2. The maximum atomic E-state index is 14.5. The molecule has 0 radical (unpaired) electrons. The molecule has 2 heterocycles. The highest BCUT2D eigenvalue weighted by Crippen LogP contribution is 2.59. The van der Waals surface area contributed by atoms with Crippen molar-refractivity contribution in [3.05, 3.63) is 95.0 Å². The molecule has 1 N–H and O–H groups in total. The number of benzene rings is 3. The summed E-state index contributed by atoms with van der Waals surface area (Å²) < 4.78 is 20.1. The second-order valence-corrected chi connectivity index (χ2v) is 9.90. The zero-order valence-electron chi connectivity index (χ0n) is 19.5. The van der Waals surface area contributed by atoms with Crippen LogP contribution in [-0.2, 0) is 16.8 Å². The van der Waals surface area contributed by atoms with E-state index in [0.29, 0.717) is 24.8 Å². The third-order valence-electron chi connectivity index (χ3n) is 7.33. The van der Waals surface area contributed by atoms with Crippen LogP contribution in [0.2, 0.25) is 5.02 Å². The average molecular weight is 503 g/mol. The fraction of sp³-hybridized carbons (Fsp3) is 0.250. The summed E-state index contributed by atoms with van der Waals surface area (Å²) in [6, 6.07) is 20.6. The number of hydrogen-bond donors (Lipinski definition) is 1. The largest absolute Gasteiger partial charge is 0.445 e. The Balaban J connectivity index is 1.25. The normalized spacial score (nSPS) is 20.6. The maximum Gasteiger partial charge on any atom is 0.410 e. The van der Waals surface area contributed by atoms with E-state index in [4.69, 9.17) is 16.3 Å². The van der Waals surface area contributed by atoms with Crippen molar-refractivity contribution < 1.29 is 13.9 Å². The van der Waals surface area contributed by atoms with Crippen LogP contribution in [0.15, 0.2) is 73.1 Å². The lowest BCUT2D eigenvalue weighted by atomic mass is 9.88. The monoisotopic (exact) mass is 502 g/mol. The highest BCUT2D eigenvalue weighted by molar-refractivity contribution is 6.31. The van der Waals surface area contributed by atoms with Gasteiger partial charge in [0.15, 0.2) is 5.82 Å². The minimum atomic E-state index is -0.528. The quantitative estimate of drug-likeness (QED) is 0.339. The Morgan fingerprint density at radius 2 is 2.00 bits per heavy atom. The lowest BCUT2D eigenvalue weighted by Crippen LogP contribution is -2.42. The van der Waals surface area contributed by atoms with Gasteiger partial charge in [-0.05, 0) is 54.2 Å². The molecule has 182 valence electrons. The number of piperidine rings is 1. The highest BCUT2D eigenvalue weighted by Gasteiger charge is 2.58. The summed E-state index contributed by atoms with van der Waals surface area (Å²) in [4.78, 5) is 23.4. The van der Waals surface area contributed by atoms with E-state index in [1.165, 1.54) is 12.4 Å². The van der Waals surface area contributed by atoms with Gasteiger partial charge in [-0.15, -0.1) is 0 Å². The molecule has 1 aromatic heterocycles. The fourth-order valence-corrected chi connectivity index (χ4v) is 5.46. The number of anilines is 2. The predicted molar refractivity (Wildman–Crippen MR) is 137 cm³/mol. The number of aromatic nitrogens is 2. The Morgan fingerprint density at radius 1 is 1.14 bits per heavy atom. The summed E-state index contributed by atoms with van der Waals surface area (Å²) in [7, 11) is 0. The van der Waals surface area contributed by atoms with Crippen LogP contribution >= 0.6 is 11.6 Å². The number of nitrogens with one attached hydrogen (secondary N) is 1. The van der Waals surface area contributed by atoms with Crippen molar-refractivity contribution in [2.45, 2.75) is 24.9 Å². The molecule has 0 bridgehead atoms. The SMILES string of the molecule is O=C(OCc1ccccc1)N1CCC2C[C@@]2(c2ccc3ncnc(Nc4cccc(Cl)c4F)c3c2)C1. The molecule has 3 aromatic carbocycles. The Labute approximate surface area is 213 Å². The molecule has 36 heavy (non-hydrogen) atoms. The van der Waals surface area contributed by atoms with E-state index in [1.54, 1.807) is 12.1 Å². The lowest BCUT2D eigenvalue weighted by molar-refractivity contribution is 0.0845. The van der Waals surface area contributed by atoms with Crippen LogP contribution in [0.5, 0.6) is 0 Å². The minimum Gasteiger partial charge on any atom is -0.445 e. The van der Waals surface area contributed by atoms with E-state index < -0.39 is 5.82 Å². The smallest absolute Gasteiger partial charge is 0.410 e. The molecule has 6 rings (SSSR count). The maximum absolute atomic E-state index is 14.5. The van der Waals surface area contributed by atoms with Crippen LogP contribution in [0, 0.1) is 11.7 Å². The van der Waals surface area contributed by atoms with Crippen LogP contribution in [-0.4, -0.2) is 34.1 Å². The van der Waals surface area contributed by atoms with Gasteiger partial charge in [-0.3, -0.25) is 0 Å². The van der Waals surface area contributed by atoms with Crippen molar-refractivity contribution in [2.75, 3.05) is 18.4 Å². The van der Waals surface area contributed by atoms with Gasteiger partial charge in [-0.25, -0.2) is 19.2 Å². The van der Waals surface area contributed by atoms with Crippen molar-refractivity contribution in [3.8, 4) is 0 Å². The molecule has 2 aliphatic rings. The molecule has 2 atom stereocenters. The third kappa shape index (κ3) is 4.13. The molecule has 1 amide bonds. The average Bonchev–Trinajstić information content (AvgIpc) is 3.66. The van der Waals surface area contributed by atoms with Gasteiger partial charge in [-0.2, -0.15) is 0 Å². The number of ether oxygens (including phenoxy) is 1. The van der Waals surface area contributed by atoms with Gasteiger partial charge >= 0.3 is 6.09 Å². The number of carbonyl (C=O) groups is 1. The first-order valence-electron chi connectivity index (χ1n) is 12.0. The first-order valence-corrected chi connectivity index (χ1v) is 12.3. The van der Waals surface area contributed by atoms with Gasteiger partial charge in [0.05, 0.1) is 16.2 Å². The molecule has 1 saturated carbocycles. The summed E-state index contributed by atoms with van der Waals surface area (Å²) in [6.07, 6.45) is 3.12. The van der Waals surface area contributed by atoms with Crippen LogP contribution in [0.4, 0.5) is 20.7 Å². The lowest BCUT2D eigenvalue weighted by Gasteiger charge is -2.32. The molecule has 1 unspecified atom stereocenters. The molecule has 8 heteroatoms. The number of carbonyl (C=O) groups excluding carboxylic acids is 1. The van der Waals surface area contributed by atoms with Gasteiger partial charge in [0.1, 0.15) is 18.8 Å². The first-order chi connectivity index (χ1) is 17.5. The Hall–Kier alpha value is -3.71. The second kappa shape index (κ2) is 9.06. The van der Waals surface area contributed by atoms with Crippen LogP contribution in [0.3, 0.4) is 0 Å². The topological polar surface area (TPSA) is 67.3 Å². The number of fused-ring (bicyclic) bond motifs is 2. The number of nitrogens with zero attached hydrogens (tertiary/aromatic N) is 3. The first kappa shape index (κ1) is 22.7. The van der Waals surface area contributed by atoms with Crippen molar-refractivity contribution >= 4 is 40.1 Å². The van der Waals surface area contributed by atoms with E-state index in [-0.39, 0.29) is 28.8 Å². The van der Waals surface area contributed by atoms with E-state index in [2.05, 4.69) is 27.4 Å². The predicted octanol–water partition coefficient (Wildman–Crippen LogP) is 6.47. The van der Waals surface area contributed by atoms with Crippen LogP contribution in [0.1, 0.15) is 24.0 Å². The van der Waals surface area contributed by atoms with Crippen LogP contribution in [0.25, 0.3) is 10.9 Å². The molecule has 0 spiro atoms. The number of likely N-dealkylation sites (tertiary alicyclic amines) is 1. The highest BCUT2D eigenvalue weighted by atomic mass is 35.5. The summed E-state index contributed by atoms with van der Waals surface area (Å²) in [5.74, 6) is 0.492. The Kier molecular flexibility index (Phi) is 5.72. The Morgan fingerprint density at radius 3 is 2.86 bits per heavy atom. The molecule has 1 aliphatic heterocycles. The van der Waals surface area contributed by atoms with Crippen LogP contribution < -0.4 is 5.32 Å². The van der Waals surface area contributed by atoms with Crippen molar-refractivity contribution in [1.29, 1.82) is 0 Å². The summed E-state index contributed by atoms with van der Waals surface area (Å²) in [6.45, 7) is 1.56. The summed E-state index contributed by atoms with van der Waals surface area (Å²) >= 11 is 5.96. The van der Waals surface area contributed by atoms with Gasteiger partial charge < -0.3 is 15.0 Å². The van der Waals surface area contributed by atoms with E-state index in [9.17, 15) is 9.18 Å². The molecule has 1 saturated heterocycles. The minimum absolute atomic E-state index is 0.0419. The molecule has 4 aromatic rings. The zero-order valence-corrected chi connectivity index (χ0v) is 20.2. The molecule has 2 fully saturated rings. The Bertz CT molecular complexity index is 1450. The van der Waals surface area contributed by atoms with Gasteiger partial charge in [0.2, 0.25) is 0 Å². The van der Waals surface area contributed by atoms with E-state index in [0.717, 1.165) is 34.9 Å². The molecule has 1 aliphatic carbocycles.